The quantitative estimate of drug-likeness (QED) is 0.302. The Morgan fingerprint density at radius 1 is 0.750 bits per heavy atom. The van der Waals surface area contributed by atoms with Crippen LogP contribution in [0.4, 0.5) is 48.4 Å². The van der Waals surface area contributed by atoms with Gasteiger partial charge in [-0.1, -0.05) is 0 Å². The van der Waals surface area contributed by atoms with E-state index in [4.69, 9.17) is 0 Å². The highest BCUT2D eigenvalue weighted by Gasteiger charge is 2.87. The van der Waals surface area contributed by atoms with Crippen LogP contribution in [0.2, 0.25) is 0 Å². The van der Waals surface area contributed by atoms with Crippen LogP contribution in [0.3, 0.4) is 0 Å². The third kappa shape index (κ3) is 2.49. The van der Waals surface area contributed by atoms with Crippen molar-refractivity contribution in [3.05, 3.63) is 0 Å². The van der Waals surface area contributed by atoms with Gasteiger partial charge in [0.15, 0.2) is 0 Å². The lowest BCUT2D eigenvalue weighted by Gasteiger charge is -2.36. The van der Waals surface area contributed by atoms with E-state index in [1.54, 1.807) is 0 Å². The number of carbonyl (C=O) groups is 1. The van der Waals surface area contributed by atoms with Crippen molar-refractivity contribution < 1.29 is 53.2 Å². The zero-order chi connectivity index (χ0) is 16.8. The topological polar surface area (TPSA) is 29.1 Å². The van der Waals surface area contributed by atoms with Gasteiger partial charge in [0.2, 0.25) is 0 Å². The first kappa shape index (κ1) is 19.4. The second-order valence-corrected chi connectivity index (χ2v) is 4.57. The minimum atomic E-state index is -7.36. The Balaban J connectivity index is 6.00. The number of alkyl halides is 11. The first-order valence-electron chi connectivity index (χ1n) is 3.97. The molecule has 0 spiro atoms. The number of rotatable bonds is 5. The van der Waals surface area contributed by atoms with E-state index in [1.807, 2.05) is 0 Å². The van der Waals surface area contributed by atoms with Crippen LogP contribution in [0, 0.1) is 0 Å². The normalized spacial score (nSPS) is 15.2. The van der Waals surface area contributed by atoms with Gasteiger partial charge in [0.1, 0.15) is 0 Å². The van der Waals surface area contributed by atoms with Gasteiger partial charge in [-0.2, -0.15) is 49.4 Å². The lowest BCUT2D eigenvalue weighted by molar-refractivity contribution is -0.378. The molecule has 14 heteroatoms. The van der Waals surface area contributed by atoms with Crippen LogP contribution < -0.4 is 5.54 Å². The second-order valence-electron chi connectivity index (χ2n) is 3.22. The minimum Gasteiger partial charge on any atom is -0.265 e. The summed E-state index contributed by atoms with van der Waals surface area (Å²) in [6.45, 7) is 0. The number of amides is 1. The number of nitrogens with one attached hydrogen (secondary N) is 1. The molecule has 2 nitrogen and oxygen atoms in total. The van der Waals surface area contributed by atoms with Crippen LogP contribution in [0.25, 0.3) is 0 Å². The van der Waals surface area contributed by atoms with E-state index in [-0.39, 0.29) is 0 Å². The highest BCUT2D eigenvalue weighted by atomic mass is 127. The molecule has 0 aromatic heterocycles. The predicted molar refractivity (Wildman–Crippen MR) is 48.0 cm³/mol. The maximum absolute atomic E-state index is 12.7. The Morgan fingerprint density at radius 3 is 1.35 bits per heavy atom. The first-order chi connectivity index (χ1) is 8.48. The van der Waals surface area contributed by atoms with Gasteiger partial charge in [0.25, 0.3) is 0 Å². The highest BCUT2D eigenvalue weighted by molar-refractivity contribution is 14.1. The molecule has 0 aliphatic carbocycles. The molecule has 120 valence electrons. The minimum absolute atomic E-state index is 0.663. The predicted octanol–water partition coefficient (Wildman–Crippen LogP) is 3.56. The number of hydrogen-bond acceptors (Lipinski definition) is 1. The van der Waals surface area contributed by atoms with Crippen molar-refractivity contribution in [1.82, 2.24) is 5.54 Å². The molecular weight excluding hydrogens is 438 g/mol. The molecule has 0 aromatic rings. The Bertz CT molecular complexity index is 389. The summed E-state index contributed by atoms with van der Waals surface area (Å²) in [4.78, 5) is 10.0. The summed E-state index contributed by atoms with van der Waals surface area (Å²) in [5.74, 6) is -32.0. The average Bonchev–Trinajstić information content (AvgIpc) is 2.25. The third-order valence-electron chi connectivity index (χ3n) is 1.91. The summed E-state index contributed by atoms with van der Waals surface area (Å²) in [5, 5.41) is 0. The lowest BCUT2D eigenvalue weighted by atomic mass is 9.98. The molecular formula is C6HF11INO. The van der Waals surface area contributed by atoms with E-state index in [0.717, 1.165) is 0 Å². The van der Waals surface area contributed by atoms with Crippen molar-refractivity contribution in [3.8, 4) is 0 Å². The van der Waals surface area contributed by atoms with Crippen LogP contribution in [0.15, 0.2) is 0 Å². The van der Waals surface area contributed by atoms with Crippen LogP contribution in [0.1, 0.15) is 0 Å². The van der Waals surface area contributed by atoms with Crippen molar-refractivity contribution in [3.63, 3.8) is 0 Å². The molecule has 0 aliphatic rings. The summed E-state index contributed by atoms with van der Waals surface area (Å²) in [5.41, 5.74) is -0.663. The van der Waals surface area contributed by atoms with Gasteiger partial charge >= 0.3 is 33.5 Å². The number of halogens is 12. The first-order valence-corrected chi connectivity index (χ1v) is 5.05. The number of hydrogen-bond donors (Lipinski definition) is 1. The summed E-state index contributed by atoms with van der Waals surface area (Å²) >= 11 is -0.677. The molecule has 0 saturated carbocycles. The van der Waals surface area contributed by atoms with Gasteiger partial charge in [0.05, 0.1) is 0 Å². The van der Waals surface area contributed by atoms with Crippen molar-refractivity contribution in [2.45, 2.75) is 27.6 Å². The smallest absolute Gasteiger partial charge is 0.265 e. The maximum atomic E-state index is 12.7. The lowest BCUT2D eigenvalue weighted by Crippen LogP contribution is -2.68. The molecule has 0 aromatic carbocycles. The molecule has 0 atom stereocenters. The second kappa shape index (κ2) is 5.01. The fourth-order valence-corrected chi connectivity index (χ4v) is 1.11. The third-order valence-corrected chi connectivity index (χ3v) is 2.59. The van der Waals surface area contributed by atoms with Gasteiger partial charge in [-0.15, -0.1) is 4.48 Å². The van der Waals surface area contributed by atoms with Gasteiger partial charge in [-0.25, -0.2) is 0 Å². The molecule has 0 unspecified atom stereocenters. The van der Waals surface area contributed by atoms with Gasteiger partial charge in [0, 0.05) is 22.6 Å². The summed E-state index contributed by atoms with van der Waals surface area (Å²) in [7, 11) is 0. The molecule has 0 aliphatic heterocycles. The standard InChI is InChI=1S/C6HF11INO/c7-2(8,1(20)19-17)3(9,10)4(11,12)5(13,14)6(15,16)18/h(H,19,20). The van der Waals surface area contributed by atoms with E-state index in [9.17, 15) is 53.2 Å². The SMILES string of the molecule is O=C(NF)C(F)(F)C(F)(F)C(F)(F)C(F)(F)C(F)(F)I. The molecule has 0 heterocycles. The average molecular weight is 439 g/mol. The van der Waals surface area contributed by atoms with Crippen molar-refractivity contribution in [2.75, 3.05) is 0 Å². The monoisotopic (exact) mass is 439 g/mol. The van der Waals surface area contributed by atoms with E-state index >= 15 is 0 Å². The largest absolute Gasteiger partial charge is 0.395 e. The Kier molecular flexibility index (Phi) is 4.87. The van der Waals surface area contributed by atoms with E-state index in [1.165, 1.54) is 0 Å². The molecule has 1 amide bonds. The zero-order valence-corrected chi connectivity index (χ0v) is 10.6. The summed E-state index contributed by atoms with van der Waals surface area (Å²) < 4.78 is 131. The Labute approximate surface area is 115 Å². The van der Waals surface area contributed by atoms with Gasteiger partial charge in [-0.3, -0.25) is 4.79 Å². The van der Waals surface area contributed by atoms with Crippen LogP contribution >= 0.6 is 22.6 Å². The molecule has 20 heavy (non-hydrogen) atoms. The van der Waals surface area contributed by atoms with Crippen molar-refractivity contribution >= 4 is 28.5 Å². The van der Waals surface area contributed by atoms with Crippen LogP contribution in [-0.2, 0) is 4.79 Å². The van der Waals surface area contributed by atoms with E-state index in [0.29, 0.717) is 0 Å². The molecule has 0 rings (SSSR count). The van der Waals surface area contributed by atoms with Gasteiger partial charge < -0.3 is 0 Å². The molecule has 1 N–H and O–H groups in total. The Hall–Kier alpha value is -0.570. The van der Waals surface area contributed by atoms with E-state index in [2.05, 4.69) is 0 Å². The van der Waals surface area contributed by atoms with Crippen molar-refractivity contribution in [2.24, 2.45) is 0 Å². The molecule has 0 fully saturated rings. The maximum Gasteiger partial charge on any atom is 0.395 e. The Morgan fingerprint density at radius 2 is 1.10 bits per heavy atom. The van der Waals surface area contributed by atoms with Crippen LogP contribution in [0.5, 0.6) is 0 Å². The summed E-state index contributed by atoms with van der Waals surface area (Å²) in [6.07, 6.45) is 0. The van der Waals surface area contributed by atoms with Crippen LogP contribution in [-0.4, -0.2) is 33.5 Å². The molecule has 0 radical (unpaired) electrons. The number of carbonyl (C=O) groups excluding carboxylic acids is 1. The highest BCUT2D eigenvalue weighted by Crippen LogP contribution is 2.58. The summed E-state index contributed by atoms with van der Waals surface area (Å²) in [6, 6.07) is 0. The zero-order valence-electron chi connectivity index (χ0n) is 8.44. The molecule has 0 bridgehead atoms. The molecule has 0 saturated heterocycles. The van der Waals surface area contributed by atoms with Crippen molar-refractivity contribution in [1.29, 1.82) is 0 Å². The fraction of sp³-hybridized carbons (Fsp3) is 0.833. The van der Waals surface area contributed by atoms with Gasteiger partial charge in [-0.05, 0) is 0 Å². The van der Waals surface area contributed by atoms with E-state index < -0.39 is 61.7 Å². The fourth-order valence-electron chi connectivity index (χ4n) is 0.774.